The van der Waals surface area contributed by atoms with E-state index in [1.165, 1.54) is 6.07 Å². The molecule has 0 spiro atoms. The average Bonchev–Trinajstić information content (AvgIpc) is 2.76. The van der Waals surface area contributed by atoms with Crippen molar-refractivity contribution in [1.82, 2.24) is 19.9 Å². The summed E-state index contributed by atoms with van der Waals surface area (Å²) in [5.41, 5.74) is 4.78. The lowest BCUT2D eigenvalue weighted by Gasteiger charge is -2.14. The van der Waals surface area contributed by atoms with Crippen LogP contribution in [0.5, 0.6) is 0 Å². The first kappa shape index (κ1) is 22.2. The van der Waals surface area contributed by atoms with Crippen LogP contribution in [0.1, 0.15) is 6.42 Å². The number of rotatable bonds is 9. The zero-order chi connectivity index (χ0) is 22.4. The molecule has 2 aromatic heterocycles. The molecule has 3 rings (SSSR count). The second-order valence-electron chi connectivity index (χ2n) is 6.88. The normalized spacial score (nSPS) is 10.9. The molecule has 0 radical (unpaired) electrons. The minimum Gasteiger partial charge on any atom is -0.354 e. The molecule has 0 saturated carbocycles. The molecule has 0 aliphatic carbocycles. The van der Waals surface area contributed by atoms with Crippen LogP contribution in [0.3, 0.4) is 0 Å². The Hall–Kier alpha value is -3.47. The maximum Gasteiger partial charge on any atom is 0.225 e. The van der Waals surface area contributed by atoms with Crippen molar-refractivity contribution in [3.63, 3.8) is 0 Å². The SMILES string of the molecule is CN(C)CCCNc1nc(NNc2c(F)c(F)cc(F)c2F)cc(-c2cccnc2)n1. The zero-order valence-electron chi connectivity index (χ0n) is 16.9. The minimum absolute atomic E-state index is 0.118. The van der Waals surface area contributed by atoms with Crippen LogP contribution < -0.4 is 16.2 Å². The van der Waals surface area contributed by atoms with Crippen LogP contribution in [0.15, 0.2) is 36.7 Å². The highest BCUT2D eigenvalue weighted by Crippen LogP contribution is 2.25. The van der Waals surface area contributed by atoms with Gasteiger partial charge in [0.1, 0.15) is 5.69 Å². The fraction of sp³-hybridized carbons (Fsp3) is 0.250. The molecule has 0 aliphatic heterocycles. The van der Waals surface area contributed by atoms with E-state index in [2.05, 4.69) is 31.1 Å². The number of anilines is 3. The number of nitrogens with zero attached hydrogens (tertiary/aromatic N) is 4. The van der Waals surface area contributed by atoms with Gasteiger partial charge in [-0.2, -0.15) is 4.98 Å². The molecule has 1 aromatic carbocycles. The third-order valence-electron chi connectivity index (χ3n) is 4.18. The Labute approximate surface area is 176 Å². The molecule has 0 fully saturated rings. The number of pyridine rings is 1. The summed E-state index contributed by atoms with van der Waals surface area (Å²) in [4.78, 5) is 14.7. The Morgan fingerprint density at radius 2 is 1.71 bits per heavy atom. The third kappa shape index (κ3) is 5.79. The molecule has 0 unspecified atom stereocenters. The number of nitrogens with one attached hydrogen (secondary N) is 3. The minimum atomic E-state index is -1.56. The molecule has 7 nitrogen and oxygen atoms in total. The van der Waals surface area contributed by atoms with Gasteiger partial charge in [0.2, 0.25) is 5.95 Å². The van der Waals surface area contributed by atoms with Crippen LogP contribution in [0.4, 0.5) is 35.0 Å². The maximum atomic E-state index is 13.9. The largest absolute Gasteiger partial charge is 0.354 e. The van der Waals surface area contributed by atoms with Gasteiger partial charge in [-0.25, -0.2) is 22.5 Å². The van der Waals surface area contributed by atoms with Crippen molar-refractivity contribution in [2.75, 3.05) is 43.4 Å². The van der Waals surface area contributed by atoms with Crippen molar-refractivity contribution in [1.29, 1.82) is 0 Å². The van der Waals surface area contributed by atoms with Crippen molar-refractivity contribution >= 4 is 17.5 Å². The van der Waals surface area contributed by atoms with Crippen molar-refractivity contribution in [2.24, 2.45) is 0 Å². The summed E-state index contributed by atoms with van der Waals surface area (Å²) in [7, 11) is 3.92. The van der Waals surface area contributed by atoms with E-state index < -0.39 is 29.0 Å². The molecule has 0 atom stereocenters. The van der Waals surface area contributed by atoms with Gasteiger partial charge in [-0.15, -0.1) is 0 Å². The van der Waals surface area contributed by atoms with Crippen molar-refractivity contribution < 1.29 is 17.6 Å². The van der Waals surface area contributed by atoms with Gasteiger partial charge in [-0.1, -0.05) is 0 Å². The van der Waals surface area contributed by atoms with E-state index in [1.54, 1.807) is 24.5 Å². The number of aromatic nitrogens is 3. The van der Waals surface area contributed by atoms with Gasteiger partial charge in [0.25, 0.3) is 0 Å². The predicted molar refractivity (Wildman–Crippen MR) is 110 cm³/mol. The van der Waals surface area contributed by atoms with Gasteiger partial charge in [-0.3, -0.25) is 15.8 Å². The molecule has 2 heterocycles. The summed E-state index contributed by atoms with van der Waals surface area (Å²) >= 11 is 0. The Morgan fingerprint density at radius 1 is 0.968 bits per heavy atom. The van der Waals surface area contributed by atoms with E-state index in [1.807, 2.05) is 19.0 Å². The first-order chi connectivity index (χ1) is 14.8. The van der Waals surface area contributed by atoms with Crippen LogP contribution in [-0.2, 0) is 0 Å². The molecule has 164 valence electrons. The molecular formula is C20H21F4N7. The fourth-order valence-corrected chi connectivity index (χ4v) is 2.66. The Balaban J connectivity index is 1.84. The monoisotopic (exact) mass is 435 g/mol. The van der Waals surface area contributed by atoms with Gasteiger partial charge in [0.05, 0.1) is 5.69 Å². The lowest BCUT2D eigenvalue weighted by molar-refractivity contribution is 0.405. The Bertz CT molecular complexity index is 1010. The summed E-state index contributed by atoms with van der Waals surface area (Å²) in [6, 6.07) is 5.15. The van der Waals surface area contributed by atoms with Crippen molar-refractivity contribution in [3.8, 4) is 11.3 Å². The fourth-order valence-electron chi connectivity index (χ4n) is 2.66. The summed E-state index contributed by atoms with van der Waals surface area (Å²) < 4.78 is 54.7. The number of benzene rings is 1. The number of hydrogen-bond donors (Lipinski definition) is 3. The summed E-state index contributed by atoms with van der Waals surface area (Å²) in [5.74, 6) is -5.79. The van der Waals surface area contributed by atoms with E-state index in [0.717, 1.165) is 13.0 Å². The van der Waals surface area contributed by atoms with Crippen LogP contribution >= 0.6 is 0 Å². The lowest BCUT2D eigenvalue weighted by Crippen LogP contribution is -2.18. The first-order valence-corrected chi connectivity index (χ1v) is 9.38. The molecule has 0 aliphatic rings. The van der Waals surface area contributed by atoms with Crippen LogP contribution in [0.2, 0.25) is 0 Å². The van der Waals surface area contributed by atoms with Gasteiger partial charge < -0.3 is 10.2 Å². The Morgan fingerprint density at radius 3 is 2.35 bits per heavy atom. The standard InChI is InChI=1S/C20H21F4N7/c1-31(2)8-4-7-26-20-27-15(12-5-3-6-25-11-12)10-16(28-20)29-30-19-17(23)13(21)9-14(22)18(19)24/h3,5-6,9-11,30H,4,7-8H2,1-2H3,(H2,26,27,28,29). The molecule has 31 heavy (non-hydrogen) atoms. The number of hydrazine groups is 1. The third-order valence-corrected chi connectivity index (χ3v) is 4.18. The highest BCUT2D eigenvalue weighted by molar-refractivity contribution is 5.64. The number of halogens is 4. The molecular weight excluding hydrogens is 414 g/mol. The summed E-state index contributed by atoms with van der Waals surface area (Å²) in [6.07, 6.45) is 4.03. The van der Waals surface area contributed by atoms with Gasteiger partial charge in [-0.05, 0) is 39.2 Å². The highest BCUT2D eigenvalue weighted by atomic mass is 19.2. The lowest BCUT2D eigenvalue weighted by atomic mass is 10.2. The Kier molecular flexibility index (Phi) is 7.19. The second kappa shape index (κ2) is 10.0. The summed E-state index contributed by atoms with van der Waals surface area (Å²) in [6.45, 7) is 1.44. The quantitative estimate of drug-likeness (QED) is 0.204. The van der Waals surface area contributed by atoms with Gasteiger partial charge in [0, 0.05) is 36.6 Å². The zero-order valence-corrected chi connectivity index (χ0v) is 16.9. The molecule has 0 saturated heterocycles. The highest BCUT2D eigenvalue weighted by Gasteiger charge is 2.19. The summed E-state index contributed by atoms with van der Waals surface area (Å²) in [5, 5.41) is 3.08. The second-order valence-corrected chi connectivity index (χ2v) is 6.88. The van der Waals surface area contributed by atoms with Crippen LogP contribution in [0.25, 0.3) is 11.3 Å². The van der Waals surface area contributed by atoms with Gasteiger partial charge in [0.15, 0.2) is 29.1 Å². The topological polar surface area (TPSA) is 78.0 Å². The molecule has 3 aromatic rings. The smallest absolute Gasteiger partial charge is 0.225 e. The molecule has 3 N–H and O–H groups in total. The number of hydrogen-bond acceptors (Lipinski definition) is 7. The molecule has 0 amide bonds. The van der Waals surface area contributed by atoms with Crippen molar-refractivity contribution in [3.05, 3.63) is 59.9 Å². The molecule has 0 bridgehead atoms. The average molecular weight is 435 g/mol. The van der Waals surface area contributed by atoms with Crippen molar-refractivity contribution in [2.45, 2.75) is 6.42 Å². The maximum absolute atomic E-state index is 13.9. The van der Waals surface area contributed by atoms with E-state index in [-0.39, 0.29) is 17.8 Å². The van der Waals surface area contributed by atoms with E-state index in [9.17, 15) is 17.6 Å². The predicted octanol–water partition coefficient (Wildman–Crippen LogP) is 3.90. The van der Waals surface area contributed by atoms with E-state index in [0.29, 0.717) is 17.8 Å². The first-order valence-electron chi connectivity index (χ1n) is 9.38. The molecule has 11 heteroatoms. The van der Waals surface area contributed by atoms with E-state index >= 15 is 0 Å². The van der Waals surface area contributed by atoms with Gasteiger partial charge >= 0.3 is 0 Å². The van der Waals surface area contributed by atoms with E-state index in [4.69, 9.17) is 0 Å². The van der Waals surface area contributed by atoms with Crippen LogP contribution in [0, 0.1) is 23.3 Å². The van der Waals surface area contributed by atoms with Crippen LogP contribution in [-0.4, -0.2) is 47.0 Å².